The van der Waals surface area contributed by atoms with Crippen LogP contribution in [-0.2, 0) is 30.0 Å². The molecule has 1 spiro atoms. The number of halogens is 7. The number of carboxylic acid groups (broad SMARTS) is 2. The lowest BCUT2D eigenvalue weighted by atomic mass is 9.76. The maximum atomic E-state index is 15.7. The van der Waals surface area contributed by atoms with E-state index in [0.29, 0.717) is 11.0 Å². The minimum Gasteiger partial charge on any atom is -0.480 e. The summed E-state index contributed by atoms with van der Waals surface area (Å²) in [5.41, 5.74) is -13.0. The number of aliphatic carboxylic acids is 2. The Balaban J connectivity index is 1.77. The van der Waals surface area contributed by atoms with Gasteiger partial charge < -0.3 is 28.8 Å². The zero-order chi connectivity index (χ0) is 35.0. The molecule has 0 bridgehead atoms. The fraction of sp³-hybridized carbons (Fsp3) is 0.185. The molecule has 3 aromatic rings. The monoisotopic (exact) mass is 693 g/mol. The first-order valence-electron chi connectivity index (χ1n) is 12.5. The van der Waals surface area contributed by atoms with E-state index in [2.05, 4.69) is 4.18 Å². The second-order valence-electron chi connectivity index (χ2n) is 9.92. The summed E-state index contributed by atoms with van der Waals surface area (Å²) in [6.07, 6.45) is 0. The number of carbonyl (C=O) groups is 4. The number of alkyl halides is 3. The van der Waals surface area contributed by atoms with Crippen molar-refractivity contribution in [2.45, 2.75) is 18.0 Å². The number of esters is 1. The number of hydrogen-bond donors (Lipinski definition) is 2. The molecule has 47 heavy (non-hydrogen) atoms. The van der Waals surface area contributed by atoms with Crippen LogP contribution in [0.1, 0.15) is 43.0 Å². The van der Waals surface area contributed by atoms with E-state index in [1.165, 1.54) is 0 Å². The van der Waals surface area contributed by atoms with Crippen molar-refractivity contribution < 1.29 is 82.2 Å². The minimum atomic E-state index is -6.68. The Labute approximate surface area is 256 Å². The summed E-state index contributed by atoms with van der Waals surface area (Å²) in [5, 5.41) is 18.2. The van der Waals surface area contributed by atoms with E-state index in [0.717, 1.165) is 25.1 Å². The Kier molecular flexibility index (Phi) is 7.61. The molecular weight excluding hydrogens is 679 g/mol. The quantitative estimate of drug-likeness (QED) is 0.159. The molecule has 0 aliphatic carbocycles. The zero-order valence-electron chi connectivity index (χ0n) is 22.9. The topological polar surface area (TPSA) is 174 Å². The van der Waals surface area contributed by atoms with Gasteiger partial charge in [-0.15, -0.1) is 0 Å². The van der Waals surface area contributed by atoms with Crippen molar-refractivity contribution in [2.75, 3.05) is 13.1 Å². The minimum absolute atomic E-state index is 0.140. The predicted molar refractivity (Wildman–Crippen MR) is 136 cm³/mol. The summed E-state index contributed by atoms with van der Waals surface area (Å²) in [6.45, 7) is -1.30. The highest BCUT2D eigenvalue weighted by atomic mass is 32.2. The number of nitrogens with zero attached hydrogens (tertiary/aromatic N) is 1. The normalized spacial score (nSPS) is 16.5. The highest BCUT2D eigenvalue weighted by molar-refractivity contribution is 7.88. The van der Waals surface area contributed by atoms with Gasteiger partial charge in [-0.3, -0.25) is 14.4 Å². The summed E-state index contributed by atoms with van der Waals surface area (Å²) in [6, 6.07) is 3.24. The number of rotatable bonds is 7. The van der Waals surface area contributed by atoms with Crippen LogP contribution in [0.4, 0.5) is 30.7 Å². The first-order chi connectivity index (χ1) is 21.7. The largest absolute Gasteiger partial charge is 0.534 e. The molecule has 0 saturated carbocycles. The molecule has 12 nitrogen and oxygen atoms in total. The SMILES string of the molecule is Cc1c(F)cc2c(c1F)Oc1c(cc(F)c(OS(=O)(=O)C(F)(F)F)c1F)C21OC(=O)c2cc(C(=O)N(CC(=O)O)CC(=O)O)ccc21. The Morgan fingerprint density at radius 1 is 0.894 bits per heavy atom. The fourth-order valence-corrected chi connectivity index (χ4v) is 5.46. The molecule has 1 unspecified atom stereocenters. The van der Waals surface area contributed by atoms with Crippen LogP contribution in [0.15, 0.2) is 30.3 Å². The standard InChI is InChI=1S/C27H14F7NO11S/c1-9-15(28)5-13-21(19(9)30)44-22-14(6-16(29)23(20(22)31)46-47(42,43)27(32,33)34)26(13)12-3-2-10(4-11(12)25(41)45-26)24(40)35(7-17(36)37)8-18(38)39/h2-6H,7-8H2,1H3,(H,36,37)(H,38,39). The molecule has 0 aromatic heterocycles. The number of hydrogen-bond acceptors (Lipinski definition) is 9. The summed E-state index contributed by atoms with van der Waals surface area (Å²) in [7, 11) is -6.68. The molecule has 5 rings (SSSR count). The van der Waals surface area contributed by atoms with Crippen molar-refractivity contribution in [2.24, 2.45) is 0 Å². The lowest BCUT2D eigenvalue weighted by Crippen LogP contribution is -2.39. The number of ether oxygens (including phenoxy) is 2. The van der Waals surface area contributed by atoms with Gasteiger partial charge in [0.05, 0.1) is 16.7 Å². The third kappa shape index (κ3) is 5.13. The van der Waals surface area contributed by atoms with Gasteiger partial charge in [0.1, 0.15) is 18.9 Å². The molecule has 2 N–H and O–H groups in total. The second-order valence-corrected chi connectivity index (χ2v) is 11.5. The van der Waals surface area contributed by atoms with E-state index in [1.807, 2.05) is 0 Å². The molecule has 248 valence electrons. The Hall–Kier alpha value is -5.40. The van der Waals surface area contributed by atoms with Crippen LogP contribution < -0.4 is 8.92 Å². The van der Waals surface area contributed by atoms with Crippen LogP contribution in [0, 0.1) is 30.2 Å². The number of fused-ring (bicyclic) bond motifs is 6. The van der Waals surface area contributed by atoms with Crippen LogP contribution in [0.3, 0.4) is 0 Å². The lowest BCUT2D eigenvalue weighted by molar-refractivity contribution is -0.140. The molecule has 20 heteroatoms. The summed E-state index contributed by atoms with van der Waals surface area (Å²) >= 11 is 0. The lowest BCUT2D eigenvalue weighted by Gasteiger charge is -2.37. The van der Waals surface area contributed by atoms with Crippen molar-refractivity contribution in [1.82, 2.24) is 4.90 Å². The van der Waals surface area contributed by atoms with Crippen molar-refractivity contribution in [3.8, 4) is 17.2 Å². The van der Waals surface area contributed by atoms with Crippen LogP contribution in [0.25, 0.3) is 0 Å². The molecule has 0 fully saturated rings. The Morgan fingerprint density at radius 3 is 2.00 bits per heavy atom. The molecule has 0 radical (unpaired) electrons. The van der Waals surface area contributed by atoms with Crippen LogP contribution >= 0.6 is 0 Å². The average Bonchev–Trinajstić information content (AvgIpc) is 3.25. The van der Waals surface area contributed by atoms with Crippen LogP contribution in [0.5, 0.6) is 17.2 Å². The van der Waals surface area contributed by atoms with E-state index in [-0.39, 0.29) is 6.07 Å². The van der Waals surface area contributed by atoms with Gasteiger partial charge in [-0.2, -0.15) is 26.0 Å². The fourth-order valence-electron chi connectivity index (χ4n) is 4.99. The van der Waals surface area contributed by atoms with E-state index in [4.69, 9.17) is 19.7 Å². The van der Waals surface area contributed by atoms with E-state index < -0.39 is 132 Å². The number of benzene rings is 3. The van der Waals surface area contributed by atoms with Crippen LogP contribution in [-0.4, -0.2) is 65.9 Å². The third-order valence-electron chi connectivity index (χ3n) is 7.02. The smallest absolute Gasteiger partial charge is 0.480 e. The Morgan fingerprint density at radius 2 is 1.45 bits per heavy atom. The van der Waals surface area contributed by atoms with Gasteiger partial charge in [-0.1, -0.05) is 6.07 Å². The Bertz CT molecular complexity index is 2030. The predicted octanol–water partition coefficient (Wildman–Crippen LogP) is 3.96. The molecule has 3 aromatic carbocycles. The molecule has 1 atom stereocenters. The van der Waals surface area contributed by atoms with Crippen molar-refractivity contribution in [3.63, 3.8) is 0 Å². The summed E-state index contributed by atoms with van der Waals surface area (Å²) in [4.78, 5) is 49.0. The molecule has 2 aliphatic heterocycles. The number of amides is 1. The molecule has 2 heterocycles. The third-order valence-corrected chi connectivity index (χ3v) is 7.98. The average molecular weight is 693 g/mol. The maximum absolute atomic E-state index is 15.7. The van der Waals surface area contributed by atoms with E-state index >= 15 is 13.2 Å². The zero-order valence-corrected chi connectivity index (χ0v) is 23.7. The van der Waals surface area contributed by atoms with E-state index in [1.54, 1.807) is 0 Å². The van der Waals surface area contributed by atoms with E-state index in [9.17, 15) is 45.2 Å². The van der Waals surface area contributed by atoms with Crippen molar-refractivity contribution >= 4 is 33.9 Å². The highest BCUT2D eigenvalue weighted by Gasteiger charge is 2.57. The van der Waals surface area contributed by atoms with Gasteiger partial charge in [0.15, 0.2) is 28.7 Å². The van der Waals surface area contributed by atoms with Gasteiger partial charge >= 0.3 is 33.5 Å². The van der Waals surface area contributed by atoms with Crippen molar-refractivity contribution in [3.05, 3.63) is 87.0 Å². The van der Waals surface area contributed by atoms with Gasteiger partial charge in [-0.25, -0.2) is 18.0 Å². The van der Waals surface area contributed by atoms with Gasteiger partial charge in [0.2, 0.25) is 11.6 Å². The molecule has 0 saturated heterocycles. The summed E-state index contributed by atoms with van der Waals surface area (Å²) in [5.74, 6) is -17.7. The van der Waals surface area contributed by atoms with Crippen molar-refractivity contribution in [1.29, 1.82) is 0 Å². The van der Waals surface area contributed by atoms with Gasteiger partial charge in [0.25, 0.3) is 5.91 Å². The molecule has 2 aliphatic rings. The summed E-state index contributed by atoms with van der Waals surface area (Å²) < 4.78 is 138. The molecular formula is C27H14F7NO11S. The van der Waals surface area contributed by atoms with Gasteiger partial charge in [0, 0.05) is 16.7 Å². The first kappa shape index (κ1) is 33.0. The number of carboxylic acids is 2. The second kappa shape index (κ2) is 10.9. The maximum Gasteiger partial charge on any atom is 0.534 e. The highest BCUT2D eigenvalue weighted by Crippen LogP contribution is 2.59. The first-order valence-corrected chi connectivity index (χ1v) is 13.9. The van der Waals surface area contributed by atoms with Crippen LogP contribution in [0.2, 0.25) is 0 Å². The number of carbonyl (C=O) groups excluding carboxylic acids is 2. The van der Waals surface area contributed by atoms with Gasteiger partial charge in [-0.05, 0) is 31.2 Å². The molecule has 1 amide bonds.